The van der Waals surface area contributed by atoms with Crippen molar-refractivity contribution in [3.8, 4) is 11.5 Å². The molecule has 0 bridgehead atoms. The van der Waals surface area contributed by atoms with Crippen molar-refractivity contribution in [1.29, 1.82) is 0 Å². The molecule has 0 aliphatic heterocycles. The minimum Gasteiger partial charge on any atom is -0.455 e. The van der Waals surface area contributed by atoms with E-state index in [-0.39, 0.29) is 5.75 Å². The van der Waals surface area contributed by atoms with E-state index in [1.807, 2.05) is 0 Å². The molecule has 0 spiro atoms. The SMILES string of the molecule is CNCc1ccc(Oc2cccnc2C)c(C(F)(F)F)c1. The van der Waals surface area contributed by atoms with E-state index in [0.717, 1.165) is 6.07 Å². The Hall–Kier alpha value is -2.08. The van der Waals surface area contributed by atoms with Crippen molar-refractivity contribution in [2.45, 2.75) is 19.6 Å². The minimum atomic E-state index is -4.48. The summed E-state index contributed by atoms with van der Waals surface area (Å²) in [7, 11) is 1.68. The Bertz CT molecular complexity index is 627. The standard InChI is InChI=1S/C15H15F3N2O/c1-10-13(4-3-7-20-10)21-14-6-5-11(9-19-2)8-12(14)15(16,17)18/h3-8,19H,9H2,1-2H3. The number of nitrogens with one attached hydrogen (secondary N) is 1. The van der Waals surface area contributed by atoms with Crippen LogP contribution in [0.3, 0.4) is 0 Å². The molecule has 0 saturated heterocycles. The van der Waals surface area contributed by atoms with Gasteiger partial charge < -0.3 is 10.1 Å². The number of nitrogens with zero attached hydrogens (tertiary/aromatic N) is 1. The van der Waals surface area contributed by atoms with Crippen molar-refractivity contribution in [2.24, 2.45) is 0 Å². The van der Waals surface area contributed by atoms with Crippen LogP contribution in [0.1, 0.15) is 16.8 Å². The molecule has 1 N–H and O–H groups in total. The molecule has 2 aromatic rings. The van der Waals surface area contributed by atoms with Crippen LogP contribution in [0, 0.1) is 6.92 Å². The molecule has 0 amide bonds. The van der Waals surface area contributed by atoms with Gasteiger partial charge in [0.1, 0.15) is 11.5 Å². The third-order valence-electron chi connectivity index (χ3n) is 2.91. The highest BCUT2D eigenvalue weighted by atomic mass is 19.4. The Morgan fingerprint density at radius 2 is 1.95 bits per heavy atom. The monoisotopic (exact) mass is 296 g/mol. The largest absolute Gasteiger partial charge is 0.455 e. The first-order valence-electron chi connectivity index (χ1n) is 6.36. The fraction of sp³-hybridized carbons (Fsp3) is 0.267. The van der Waals surface area contributed by atoms with Gasteiger partial charge in [0.15, 0.2) is 0 Å². The maximum atomic E-state index is 13.2. The number of aryl methyl sites for hydroxylation is 1. The zero-order chi connectivity index (χ0) is 15.5. The molecule has 3 nitrogen and oxygen atoms in total. The van der Waals surface area contributed by atoms with Gasteiger partial charge in [-0.15, -0.1) is 0 Å². The number of aromatic nitrogens is 1. The van der Waals surface area contributed by atoms with Crippen molar-refractivity contribution in [3.63, 3.8) is 0 Å². The van der Waals surface area contributed by atoms with Crippen molar-refractivity contribution >= 4 is 0 Å². The predicted octanol–water partition coefficient (Wildman–Crippen LogP) is 3.92. The highest BCUT2D eigenvalue weighted by Gasteiger charge is 2.35. The maximum Gasteiger partial charge on any atom is 0.419 e. The Balaban J connectivity index is 2.41. The Labute approximate surface area is 120 Å². The van der Waals surface area contributed by atoms with Crippen LogP contribution in [-0.2, 0) is 12.7 Å². The lowest BCUT2D eigenvalue weighted by atomic mass is 10.1. The van der Waals surface area contributed by atoms with Gasteiger partial charge in [-0.05, 0) is 43.8 Å². The van der Waals surface area contributed by atoms with E-state index >= 15 is 0 Å². The fourth-order valence-electron chi connectivity index (χ4n) is 1.90. The quantitative estimate of drug-likeness (QED) is 0.928. The van der Waals surface area contributed by atoms with E-state index in [9.17, 15) is 13.2 Å². The van der Waals surface area contributed by atoms with E-state index in [2.05, 4.69) is 10.3 Å². The first-order valence-corrected chi connectivity index (χ1v) is 6.36. The second kappa shape index (κ2) is 6.13. The summed E-state index contributed by atoms with van der Waals surface area (Å²) in [4.78, 5) is 4.00. The average molecular weight is 296 g/mol. The Kier molecular flexibility index (Phi) is 4.47. The van der Waals surface area contributed by atoms with E-state index in [1.165, 1.54) is 6.07 Å². The number of pyridine rings is 1. The van der Waals surface area contributed by atoms with Crippen molar-refractivity contribution in [1.82, 2.24) is 10.3 Å². The van der Waals surface area contributed by atoms with Gasteiger partial charge in [-0.1, -0.05) is 6.07 Å². The van der Waals surface area contributed by atoms with Crippen LogP contribution in [0.15, 0.2) is 36.5 Å². The smallest absolute Gasteiger partial charge is 0.419 e. The third kappa shape index (κ3) is 3.72. The summed E-state index contributed by atoms with van der Waals surface area (Å²) in [6.45, 7) is 2.03. The lowest BCUT2D eigenvalue weighted by Gasteiger charge is -2.16. The molecular formula is C15H15F3N2O. The lowest BCUT2D eigenvalue weighted by Crippen LogP contribution is -2.11. The average Bonchev–Trinajstić information content (AvgIpc) is 2.42. The highest BCUT2D eigenvalue weighted by molar-refractivity contribution is 5.43. The van der Waals surface area contributed by atoms with Crippen molar-refractivity contribution in [2.75, 3.05) is 7.05 Å². The van der Waals surface area contributed by atoms with Gasteiger partial charge >= 0.3 is 6.18 Å². The second-order valence-electron chi connectivity index (χ2n) is 4.55. The van der Waals surface area contributed by atoms with Crippen LogP contribution in [0.25, 0.3) is 0 Å². The van der Waals surface area contributed by atoms with Gasteiger partial charge in [0.05, 0.1) is 11.3 Å². The molecular weight excluding hydrogens is 281 g/mol. The number of ether oxygens (including phenoxy) is 1. The predicted molar refractivity (Wildman–Crippen MR) is 73.3 cm³/mol. The molecule has 0 fully saturated rings. The van der Waals surface area contributed by atoms with Crippen LogP contribution in [0.2, 0.25) is 0 Å². The molecule has 6 heteroatoms. The number of halogens is 3. The third-order valence-corrected chi connectivity index (χ3v) is 2.91. The number of benzene rings is 1. The summed E-state index contributed by atoms with van der Waals surface area (Å²) < 4.78 is 44.9. The van der Waals surface area contributed by atoms with Crippen LogP contribution < -0.4 is 10.1 Å². The normalized spacial score (nSPS) is 11.5. The summed E-state index contributed by atoms with van der Waals surface area (Å²) in [6.07, 6.45) is -2.92. The zero-order valence-corrected chi connectivity index (χ0v) is 11.7. The first-order chi connectivity index (χ1) is 9.91. The summed E-state index contributed by atoms with van der Waals surface area (Å²) in [6, 6.07) is 7.24. The summed E-state index contributed by atoms with van der Waals surface area (Å²) in [5.74, 6) is 0.0859. The molecule has 0 aliphatic rings. The van der Waals surface area contributed by atoms with Gasteiger partial charge in [-0.3, -0.25) is 4.98 Å². The van der Waals surface area contributed by atoms with E-state index < -0.39 is 11.7 Å². The van der Waals surface area contributed by atoms with E-state index in [4.69, 9.17) is 4.74 Å². The van der Waals surface area contributed by atoms with Crippen molar-refractivity contribution in [3.05, 3.63) is 53.3 Å². The number of alkyl halides is 3. The Morgan fingerprint density at radius 1 is 1.19 bits per heavy atom. The van der Waals surface area contributed by atoms with E-state index in [0.29, 0.717) is 23.6 Å². The molecule has 112 valence electrons. The molecule has 0 aliphatic carbocycles. The van der Waals surface area contributed by atoms with Crippen LogP contribution in [0.5, 0.6) is 11.5 Å². The molecule has 0 unspecified atom stereocenters. The van der Waals surface area contributed by atoms with Gasteiger partial charge in [-0.25, -0.2) is 0 Å². The number of hydrogen-bond acceptors (Lipinski definition) is 3. The van der Waals surface area contributed by atoms with Gasteiger partial charge in [0.25, 0.3) is 0 Å². The molecule has 21 heavy (non-hydrogen) atoms. The molecule has 2 rings (SSSR count). The second-order valence-corrected chi connectivity index (χ2v) is 4.55. The molecule has 0 saturated carbocycles. The lowest BCUT2D eigenvalue weighted by molar-refractivity contribution is -0.138. The number of rotatable bonds is 4. The molecule has 0 atom stereocenters. The zero-order valence-electron chi connectivity index (χ0n) is 11.7. The minimum absolute atomic E-state index is 0.224. The van der Waals surface area contributed by atoms with Crippen LogP contribution in [-0.4, -0.2) is 12.0 Å². The van der Waals surface area contributed by atoms with Crippen LogP contribution >= 0.6 is 0 Å². The number of hydrogen-bond donors (Lipinski definition) is 1. The molecule has 0 radical (unpaired) electrons. The van der Waals surface area contributed by atoms with E-state index in [1.54, 1.807) is 38.4 Å². The van der Waals surface area contributed by atoms with Crippen molar-refractivity contribution < 1.29 is 17.9 Å². The maximum absolute atomic E-state index is 13.2. The summed E-state index contributed by atoms with van der Waals surface area (Å²) >= 11 is 0. The highest BCUT2D eigenvalue weighted by Crippen LogP contribution is 2.39. The molecule has 1 aromatic heterocycles. The summed E-state index contributed by atoms with van der Waals surface area (Å²) in [5.41, 5.74) is 0.281. The molecule has 1 aromatic carbocycles. The first kappa shape index (κ1) is 15.3. The topological polar surface area (TPSA) is 34.1 Å². The van der Waals surface area contributed by atoms with Crippen LogP contribution in [0.4, 0.5) is 13.2 Å². The van der Waals surface area contributed by atoms with Gasteiger partial charge in [0.2, 0.25) is 0 Å². The summed E-state index contributed by atoms with van der Waals surface area (Å²) in [5, 5.41) is 2.82. The Morgan fingerprint density at radius 3 is 2.57 bits per heavy atom. The molecule has 1 heterocycles. The van der Waals surface area contributed by atoms with Gasteiger partial charge in [0, 0.05) is 12.7 Å². The fourth-order valence-corrected chi connectivity index (χ4v) is 1.90. The van der Waals surface area contributed by atoms with Gasteiger partial charge in [-0.2, -0.15) is 13.2 Å².